The molecule has 1 unspecified atom stereocenters. The third-order valence-electron chi connectivity index (χ3n) is 4.37. The first-order chi connectivity index (χ1) is 12.0. The van der Waals surface area contributed by atoms with Crippen LogP contribution in [0.2, 0.25) is 0 Å². The summed E-state index contributed by atoms with van der Waals surface area (Å²) < 4.78 is 27.2. The Kier molecular flexibility index (Phi) is 5.39. The van der Waals surface area contributed by atoms with Crippen LogP contribution in [0, 0.1) is 0 Å². The standard InChI is InChI=1S/C17H21N3O3S2/c1-14-7-5-6-11-19(14)16(21)13-20(17-18-10-12-24-17)25(22,23)15-8-3-2-4-9-15/h2-4,8-10,12,14H,5-7,11,13H2,1H3. The van der Waals surface area contributed by atoms with Gasteiger partial charge in [0.2, 0.25) is 5.91 Å². The summed E-state index contributed by atoms with van der Waals surface area (Å²) in [4.78, 5) is 18.8. The third kappa shape index (κ3) is 3.85. The minimum atomic E-state index is -3.84. The fourth-order valence-corrected chi connectivity index (χ4v) is 5.26. The number of carbonyl (C=O) groups is 1. The second-order valence-electron chi connectivity index (χ2n) is 6.07. The number of aromatic nitrogens is 1. The van der Waals surface area contributed by atoms with Crippen LogP contribution >= 0.6 is 11.3 Å². The molecular formula is C17H21N3O3S2. The highest BCUT2D eigenvalue weighted by molar-refractivity contribution is 7.93. The molecule has 1 fully saturated rings. The lowest BCUT2D eigenvalue weighted by molar-refractivity contribution is -0.132. The number of thiazole rings is 1. The van der Waals surface area contributed by atoms with Crippen LogP contribution in [0.15, 0.2) is 46.8 Å². The molecule has 0 N–H and O–H groups in total. The number of likely N-dealkylation sites (tertiary alicyclic amines) is 1. The molecule has 0 bridgehead atoms. The fourth-order valence-electron chi connectivity index (χ4n) is 3.00. The van der Waals surface area contributed by atoms with Gasteiger partial charge in [0.05, 0.1) is 4.90 Å². The fraction of sp³-hybridized carbons (Fsp3) is 0.412. The van der Waals surface area contributed by atoms with E-state index < -0.39 is 10.0 Å². The van der Waals surface area contributed by atoms with E-state index in [9.17, 15) is 13.2 Å². The largest absolute Gasteiger partial charge is 0.338 e. The normalized spacial score (nSPS) is 18.1. The summed E-state index contributed by atoms with van der Waals surface area (Å²) in [7, 11) is -3.84. The number of sulfonamides is 1. The zero-order valence-electron chi connectivity index (χ0n) is 14.0. The zero-order chi connectivity index (χ0) is 17.9. The summed E-state index contributed by atoms with van der Waals surface area (Å²) in [5.41, 5.74) is 0. The average Bonchev–Trinajstić information content (AvgIpc) is 3.14. The molecule has 2 heterocycles. The summed E-state index contributed by atoms with van der Waals surface area (Å²) in [6.45, 7) is 2.46. The number of anilines is 1. The van der Waals surface area contributed by atoms with Gasteiger partial charge in [-0.2, -0.15) is 0 Å². The van der Waals surface area contributed by atoms with E-state index in [1.165, 1.54) is 23.5 Å². The maximum Gasteiger partial charge on any atom is 0.266 e. The summed E-state index contributed by atoms with van der Waals surface area (Å²) in [6.07, 6.45) is 4.55. The van der Waals surface area contributed by atoms with Crippen LogP contribution in [0.5, 0.6) is 0 Å². The molecule has 0 saturated carbocycles. The number of nitrogens with zero attached hydrogens (tertiary/aromatic N) is 3. The van der Waals surface area contributed by atoms with Crippen molar-refractivity contribution >= 4 is 32.4 Å². The Labute approximate surface area is 152 Å². The van der Waals surface area contributed by atoms with Gasteiger partial charge in [0.25, 0.3) is 10.0 Å². The van der Waals surface area contributed by atoms with Crippen molar-refractivity contribution in [3.63, 3.8) is 0 Å². The highest BCUT2D eigenvalue weighted by Gasteiger charge is 2.32. The van der Waals surface area contributed by atoms with Crippen LogP contribution in [0.4, 0.5) is 5.13 Å². The molecule has 8 heteroatoms. The Balaban J connectivity index is 1.90. The topological polar surface area (TPSA) is 70.6 Å². The van der Waals surface area contributed by atoms with Crippen molar-refractivity contribution in [2.75, 3.05) is 17.4 Å². The number of carbonyl (C=O) groups excluding carboxylic acids is 1. The molecule has 3 rings (SSSR count). The van der Waals surface area contributed by atoms with Gasteiger partial charge in [-0.3, -0.25) is 4.79 Å². The molecule has 1 amide bonds. The molecule has 0 spiro atoms. The molecule has 6 nitrogen and oxygen atoms in total. The van der Waals surface area contributed by atoms with Crippen molar-refractivity contribution in [3.05, 3.63) is 41.9 Å². The lowest BCUT2D eigenvalue weighted by Crippen LogP contribution is -2.48. The Bertz CT molecular complexity index is 807. The van der Waals surface area contributed by atoms with Crippen LogP contribution < -0.4 is 4.31 Å². The van der Waals surface area contributed by atoms with Gasteiger partial charge in [-0.1, -0.05) is 18.2 Å². The lowest BCUT2D eigenvalue weighted by atomic mass is 10.0. The molecule has 0 radical (unpaired) electrons. The van der Waals surface area contributed by atoms with Crippen LogP contribution in [0.25, 0.3) is 0 Å². The maximum atomic E-state index is 13.1. The molecule has 0 aliphatic carbocycles. The monoisotopic (exact) mass is 379 g/mol. The Morgan fingerprint density at radius 2 is 2.08 bits per heavy atom. The minimum absolute atomic E-state index is 0.138. The van der Waals surface area contributed by atoms with E-state index in [0.717, 1.165) is 23.6 Å². The number of hydrogen-bond donors (Lipinski definition) is 0. The summed E-state index contributed by atoms with van der Waals surface area (Å²) in [5, 5.41) is 2.01. The van der Waals surface area contributed by atoms with Crippen molar-refractivity contribution < 1.29 is 13.2 Å². The average molecular weight is 380 g/mol. The van der Waals surface area contributed by atoms with Crippen LogP contribution in [0.1, 0.15) is 26.2 Å². The molecule has 2 aromatic rings. The summed E-state index contributed by atoms with van der Waals surface area (Å²) in [6, 6.07) is 8.29. The number of piperidine rings is 1. The van der Waals surface area contributed by atoms with Crippen LogP contribution in [-0.2, 0) is 14.8 Å². The van der Waals surface area contributed by atoms with Gasteiger partial charge in [-0.05, 0) is 38.3 Å². The number of hydrogen-bond acceptors (Lipinski definition) is 5. The van der Waals surface area contributed by atoms with E-state index in [-0.39, 0.29) is 23.4 Å². The van der Waals surface area contributed by atoms with Gasteiger partial charge < -0.3 is 4.90 Å². The smallest absolute Gasteiger partial charge is 0.266 e. The van der Waals surface area contributed by atoms with E-state index in [2.05, 4.69) is 4.98 Å². The lowest BCUT2D eigenvalue weighted by Gasteiger charge is -2.34. The molecule has 25 heavy (non-hydrogen) atoms. The van der Waals surface area contributed by atoms with Gasteiger partial charge >= 0.3 is 0 Å². The van der Waals surface area contributed by atoms with E-state index in [1.807, 2.05) is 6.92 Å². The zero-order valence-corrected chi connectivity index (χ0v) is 15.7. The first-order valence-electron chi connectivity index (χ1n) is 8.27. The number of amides is 1. The molecule has 1 atom stereocenters. The molecule has 1 saturated heterocycles. The second kappa shape index (κ2) is 7.53. The van der Waals surface area contributed by atoms with Gasteiger partial charge in [0, 0.05) is 24.2 Å². The van der Waals surface area contributed by atoms with Crippen molar-refractivity contribution in [2.45, 2.75) is 37.1 Å². The summed E-state index contributed by atoms with van der Waals surface area (Å²) >= 11 is 1.21. The molecular weight excluding hydrogens is 358 g/mol. The molecule has 1 aromatic heterocycles. The molecule has 1 aliphatic heterocycles. The quantitative estimate of drug-likeness (QED) is 0.801. The van der Waals surface area contributed by atoms with E-state index >= 15 is 0 Å². The maximum absolute atomic E-state index is 13.1. The van der Waals surface area contributed by atoms with Gasteiger partial charge in [-0.15, -0.1) is 11.3 Å². The van der Waals surface area contributed by atoms with Crippen molar-refractivity contribution in [1.82, 2.24) is 9.88 Å². The van der Waals surface area contributed by atoms with E-state index in [1.54, 1.807) is 34.7 Å². The predicted octanol–water partition coefficient (Wildman–Crippen LogP) is 2.74. The first kappa shape index (κ1) is 17.9. The number of benzene rings is 1. The SMILES string of the molecule is CC1CCCCN1C(=O)CN(c1nccs1)S(=O)(=O)c1ccccc1. The highest BCUT2D eigenvalue weighted by Crippen LogP contribution is 2.26. The Morgan fingerprint density at radius 1 is 1.32 bits per heavy atom. The Hall–Kier alpha value is -1.93. The number of rotatable bonds is 5. The van der Waals surface area contributed by atoms with Crippen LogP contribution in [-0.4, -0.2) is 43.3 Å². The van der Waals surface area contributed by atoms with E-state index in [0.29, 0.717) is 11.7 Å². The van der Waals surface area contributed by atoms with Gasteiger partial charge in [0.15, 0.2) is 5.13 Å². The van der Waals surface area contributed by atoms with Crippen LogP contribution in [0.3, 0.4) is 0 Å². The first-order valence-corrected chi connectivity index (χ1v) is 10.6. The second-order valence-corrected chi connectivity index (χ2v) is 8.81. The van der Waals surface area contributed by atoms with Gasteiger partial charge in [0.1, 0.15) is 6.54 Å². The van der Waals surface area contributed by atoms with Crippen molar-refractivity contribution in [2.24, 2.45) is 0 Å². The minimum Gasteiger partial charge on any atom is -0.338 e. The predicted molar refractivity (Wildman–Crippen MR) is 98.1 cm³/mol. The molecule has 134 valence electrons. The third-order valence-corrected chi connectivity index (χ3v) is 7.03. The molecule has 1 aromatic carbocycles. The molecule has 1 aliphatic rings. The van der Waals surface area contributed by atoms with E-state index in [4.69, 9.17) is 0 Å². The van der Waals surface area contributed by atoms with Crippen molar-refractivity contribution in [1.29, 1.82) is 0 Å². The highest BCUT2D eigenvalue weighted by atomic mass is 32.2. The van der Waals surface area contributed by atoms with Crippen molar-refractivity contribution in [3.8, 4) is 0 Å². The van der Waals surface area contributed by atoms with Gasteiger partial charge in [-0.25, -0.2) is 17.7 Å². The summed E-state index contributed by atoms with van der Waals surface area (Å²) in [5.74, 6) is -0.179. The Morgan fingerprint density at radius 3 is 2.72 bits per heavy atom.